The molecule has 2 aromatic heterocycles. The van der Waals surface area contributed by atoms with Gasteiger partial charge >= 0.3 is 0 Å². The summed E-state index contributed by atoms with van der Waals surface area (Å²) in [6, 6.07) is 1.85. The summed E-state index contributed by atoms with van der Waals surface area (Å²) in [7, 11) is 0. The molecular weight excluding hydrogens is 229 g/mol. The monoisotopic (exact) mass is 239 g/mol. The summed E-state index contributed by atoms with van der Waals surface area (Å²) in [5, 5.41) is 16.3. The van der Waals surface area contributed by atoms with Crippen molar-refractivity contribution in [2.45, 2.75) is 6.10 Å². The van der Waals surface area contributed by atoms with Gasteiger partial charge in [0, 0.05) is 6.54 Å². The molecule has 0 aromatic carbocycles. The van der Waals surface area contributed by atoms with Gasteiger partial charge in [0.25, 0.3) is 0 Å². The Kier molecular flexibility index (Phi) is 3.43. The zero-order valence-corrected chi connectivity index (χ0v) is 9.12. The van der Waals surface area contributed by atoms with Crippen LogP contribution in [0.4, 0.5) is 10.3 Å². The fraction of sp³-hybridized carbons (Fsp3) is 0.200. The lowest BCUT2D eigenvalue weighted by Gasteiger charge is -2.09. The number of nitrogens with zero attached hydrogens (tertiary/aromatic N) is 2. The van der Waals surface area contributed by atoms with E-state index in [0.717, 1.165) is 18.0 Å². The lowest BCUT2D eigenvalue weighted by atomic mass is 10.2. The maximum absolute atomic E-state index is 12.5. The first-order valence-corrected chi connectivity index (χ1v) is 5.61. The lowest BCUT2D eigenvalue weighted by Crippen LogP contribution is -2.13. The van der Waals surface area contributed by atoms with Crippen LogP contribution >= 0.6 is 11.3 Å². The molecule has 0 saturated heterocycles. The van der Waals surface area contributed by atoms with Crippen molar-refractivity contribution in [3.63, 3.8) is 0 Å². The Morgan fingerprint density at radius 1 is 1.44 bits per heavy atom. The van der Waals surface area contributed by atoms with E-state index in [1.54, 1.807) is 0 Å². The number of aromatic nitrogens is 2. The predicted octanol–water partition coefficient (Wildman–Crippen LogP) is 1.82. The Morgan fingerprint density at radius 2 is 2.19 bits per heavy atom. The van der Waals surface area contributed by atoms with Crippen molar-refractivity contribution < 1.29 is 9.50 Å². The predicted molar refractivity (Wildman–Crippen MR) is 59.8 cm³/mol. The number of anilines is 1. The van der Waals surface area contributed by atoms with Crippen LogP contribution < -0.4 is 5.32 Å². The van der Waals surface area contributed by atoms with E-state index < -0.39 is 11.9 Å². The average Bonchev–Trinajstić information content (AvgIpc) is 2.81. The van der Waals surface area contributed by atoms with Crippen molar-refractivity contribution in [2.24, 2.45) is 0 Å². The Labute approximate surface area is 95.8 Å². The molecule has 0 amide bonds. The Morgan fingerprint density at radius 3 is 2.81 bits per heavy atom. The van der Waals surface area contributed by atoms with Gasteiger partial charge in [-0.1, -0.05) is 0 Å². The Bertz CT molecular complexity index is 432. The van der Waals surface area contributed by atoms with Crippen LogP contribution in [-0.4, -0.2) is 21.6 Å². The highest BCUT2D eigenvalue weighted by Gasteiger charge is 2.07. The first-order valence-electron chi connectivity index (χ1n) is 4.67. The van der Waals surface area contributed by atoms with Crippen LogP contribution in [0.25, 0.3) is 0 Å². The van der Waals surface area contributed by atoms with Gasteiger partial charge in [-0.05, 0) is 22.4 Å². The molecule has 0 bridgehead atoms. The van der Waals surface area contributed by atoms with E-state index in [4.69, 9.17) is 0 Å². The molecule has 2 heterocycles. The SMILES string of the molecule is OC(CNc1ncc(F)cn1)c1ccsc1. The summed E-state index contributed by atoms with van der Waals surface area (Å²) in [4.78, 5) is 7.45. The second-order valence-electron chi connectivity index (χ2n) is 3.18. The highest BCUT2D eigenvalue weighted by molar-refractivity contribution is 7.07. The van der Waals surface area contributed by atoms with Gasteiger partial charge in [-0.2, -0.15) is 11.3 Å². The molecule has 0 aliphatic rings. The summed E-state index contributed by atoms with van der Waals surface area (Å²) in [5.74, 6) is -0.181. The highest BCUT2D eigenvalue weighted by Crippen LogP contribution is 2.16. The largest absolute Gasteiger partial charge is 0.387 e. The first-order chi connectivity index (χ1) is 7.75. The summed E-state index contributed by atoms with van der Waals surface area (Å²) < 4.78 is 12.5. The van der Waals surface area contributed by atoms with E-state index in [1.165, 1.54) is 11.3 Å². The van der Waals surface area contributed by atoms with E-state index >= 15 is 0 Å². The minimum Gasteiger partial charge on any atom is -0.387 e. The zero-order chi connectivity index (χ0) is 11.4. The molecular formula is C10H10FN3OS. The Hall–Kier alpha value is -1.53. The molecule has 84 valence electrons. The third kappa shape index (κ3) is 2.74. The quantitative estimate of drug-likeness (QED) is 0.854. The van der Waals surface area contributed by atoms with Crippen molar-refractivity contribution in [3.8, 4) is 0 Å². The molecule has 16 heavy (non-hydrogen) atoms. The number of aliphatic hydroxyl groups excluding tert-OH is 1. The van der Waals surface area contributed by atoms with Crippen molar-refractivity contribution in [1.82, 2.24) is 9.97 Å². The second-order valence-corrected chi connectivity index (χ2v) is 3.96. The molecule has 1 atom stereocenters. The van der Waals surface area contributed by atoms with Crippen molar-refractivity contribution in [3.05, 3.63) is 40.6 Å². The van der Waals surface area contributed by atoms with Crippen LogP contribution in [0.2, 0.25) is 0 Å². The van der Waals surface area contributed by atoms with Gasteiger partial charge in [-0.3, -0.25) is 0 Å². The van der Waals surface area contributed by atoms with Crippen molar-refractivity contribution >= 4 is 17.3 Å². The molecule has 4 nitrogen and oxygen atoms in total. The van der Waals surface area contributed by atoms with E-state index in [2.05, 4.69) is 15.3 Å². The van der Waals surface area contributed by atoms with Crippen LogP contribution in [-0.2, 0) is 0 Å². The van der Waals surface area contributed by atoms with Crippen LogP contribution in [0.15, 0.2) is 29.2 Å². The zero-order valence-electron chi connectivity index (χ0n) is 8.30. The second kappa shape index (κ2) is 5.00. The topological polar surface area (TPSA) is 58.0 Å². The minimum absolute atomic E-state index is 0.294. The maximum atomic E-state index is 12.5. The summed E-state index contributed by atoms with van der Waals surface area (Å²) in [6.07, 6.45) is 1.54. The molecule has 0 fully saturated rings. The van der Waals surface area contributed by atoms with Gasteiger partial charge < -0.3 is 10.4 Å². The van der Waals surface area contributed by atoms with Gasteiger partial charge in [-0.25, -0.2) is 14.4 Å². The van der Waals surface area contributed by atoms with Crippen LogP contribution in [0.1, 0.15) is 11.7 Å². The number of rotatable bonds is 4. The fourth-order valence-electron chi connectivity index (χ4n) is 1.17. The molecule has 0 aliphatic heterocycles. The highest BCUT2D eigenvalue weighted by atomic mass is 32.1. The molecule has 1 unspecified atom stereocenters. The number of halogens is 1. The van der Waals surface area contributed by atoms with E-state index in [1.807, 2.05) is 16.8 Å². The molecule has 0 saturated carbocycles. The van der Waals surface area contributed by atoms with E-state index in [9.17, 15) is 9.50 Å². The molecule has 2 rings (SSSR count). The molecule has 2 N–H and O–H groups in total. The third-order valence-electron chi connectivity index (χ3n) is 2.00. The standard InChI is InChI=1S/C10H10FN3OS/c11-8-3-12-10(13-4-8)14-5-9(15)7-1-2-16-6-7/h1-4,6,9,15H,5H2,(H,12,13,14). The molecule has 2 aromatic rings. The molecule has 6 heteroatoms. The van der Waals surface area contributed by atoms with Crippen LogP contribution in [0.5, 0.6) is 0 Å². The number of hydrogen-bond donors (Lipinski definition) is 2. The fourth-order valence-corrected chi connectivity index (χ4v) is 1.88. The summed E-state index contributed by atoms with van der Waals surface area (Å²) in [5.41, 5.74) is 0.847. The number of nitrogens with one attached hydrogen (secondary N) is 1. The molecule has 0 radical (unpaired) electrons. The number of thiophene rings is 1. The van der Waals surface area contributed by atoms with Crippen LogP contribution in [0.3, 0.4) is 0 Å². The van der Waals surface area contributed by atoms with Gasteiger partial charge in [0.1, 0.15) is 0 Å². The first kappa shape index (κ1) is 11.0. The minimum atomic E-state index is -0.611. The maximum Gasteiger partial charge on any atom is 0.222 e. The number of aliphatic hydroxyl groups is 1. The van der Waals surface area contributed by atoms with Gasteiger partial charge in [0.15, 0.2) is 5.82 Å². The molecule has 0 aliphatic carbocycles. The normalized spacial score (nSPS) is 12.4. The summed E-state index contributed by atoms with van der Waals surface area (Å²) >= 11 is 1.52. The average molecular weight is 239 g/mol. The van der Waals surface area contributed by atoms with Gasteiger partial charge in [0.2, 0.25) is 5.95 Å². The smallest absolute Gasteiger partial charge is 0.222 e. The van der Waals surface area contributed by atoms with Gasteiger partial charge in [-0.15, -0.1) is 0 Å². The lowest BCUT2D eigenvalue weighted by molar-refractivity contribution is 0.192. The molecule has 0 spiro atoms. The van der Waals surface area contributed by atoms with E-state index in [0.29, 0.717) is 12.5 Å². The van der Waals surface area contributed by atoms with Crippen LogP contribution in [0, 0.1) is 5.82 Å². The third-order valence-corrected chi connectivity index (χ3v) is 2.70. The Balaban J connectivity index is 1.90. The number of hydrogen-bond acceptors (Lipinski definition) is 5. The summed E-state index contributed by atoms with van der Waals surface area (Å²) in [6.45, 7) is 0.294. The van der Waals surface area contributed by atoms with Crippen molar-refractivity contribution in [2.75, 3.05) is 11.9 Å². The van der Waals surface area contributed by atoms with E-state index in [-0.39, 0.29) is 0 Å². The van der Waals surface area contributed by atoms with Gasteiger partial charge in [0.05, 0.1) is 18.5 Å². The van der Waals surface area contributed by atoms with Crippen molar-refractivity contribution in [1.29, 1.82) is 0 Å².